The van der Waals surface area contributed by atoms with Crippen molar-refractivity contribution >= 4 is 33.7 Å². The molecule has 9 heteroatoms. The van der Waals surface area contributed by atoms with E-state index in [1.54, 1.807) is 30.4 Å². The molecule has 4 rings (SSSR count). The SMILES string of the molecule is COc1cc(/C=N\NC(=O)[C@H](C)n2cnc3sc4c(c3c2=O)CCCC4)ccc1O. The van der Waals surface area contributed by atoms with Crippen molar-refractivity contribution in [3.63, 3.8) is 0 Å². The van der Waals surface area contributed by atoms with Crippen LogP contribution in [0.25, 0.3) is 10.2 Å². The van der Waals surface area contributed by atoms with E-state index in [0.29, 0.717) is 16.7 Å². The number of carbonyl (C=O) groups is 1. The zero-order chi connectivity index (χ0) is 21.3. The number of thiophene rings is 1. The van der Waals surface area contributed by atoms with Crippen molar-refractivity contribution in [3.8, 4) is 11.5 Å². The third-order valence-electron chi connectivity index (χ3n) is 5.29. The minimum absolute atomic E-state index is 0.0187. The van der Waals surface area contributed by atoms with Gasteiger partial charge in [-0.25, -0.2) is 10.4 Å². The lowest BCUT2D eigenvalue weighted by atomic mass is 9.97. The van der Waals surface area contributed by atoms with Gasteiger partial charge in [-0.2, -0.15) is 5.10 Å². The Hall–Kier alpha value is -3.20. The van der Waals surface area contributed by atoms with Crippen molar-refractivity contribution in [2.24, 2.45) is 5.10 Å². The summed E-state index contributed by atoms with van der Waals surface area (Å²) in [6, 6.07) is 3.95. The van der Waals surface area contributed by atoms with Gasteiger partial charge in [0.15, 0.2) is 11.5 Å². The summed E-state index contributed by atoms with van der Waals surface area (Å²) in [5, 5.41) is 14.2. The van der Waals surface area contributed by atoms with Crippen molar-refractivity contribution in [1.82, 2.24) is 15.0 Å². The molecule has 30 heavy (non-hydrogen) atoms. The molecule has 1 amide bonds. The Morgan fingerprint density at radius 2 is 2.20 bits per heavy atom. The number of nitrogens with one attached hydrogen (secondary N) is 1. The Balaban J connectivity index is 1.53. The average Bonchev–Trinajstić information content (AvgIpc) is 3.14. The minimum Gasteiger partial charge on any atom is -0.504 e. The van der Waals surface area contributed by atoms with E-state index in [4.69, 9.17) is 4.74 Å². The largest absolute Gasteiger partial charge is 0.504 e. The van der Waals surface area contributed by atoms with Crippen LogP contribution in [-0.2, 0) is 17.6 Å². The number of aryl methyl sites for hydroxylation is 2. The Labute approximate surface area is 176 Å². The van der Waals surface area contributed by atoms with E-state index in [2.05, 4.69) is 15.5 Å². The maximum Gasteiger partial charge on any atom is 0.263 e. The van der Waals surface area contributed by atoms with Gasteiger partial charge < -0.3 is 9.84 Å². The lowest BCUT2D eigenvalue weighted by Gasteiger charge is -2.14. The van der Waals surface area contributed by atoms with Crippen LogP contribution in [0.4, 0.5) is 0 Å². The third kappa shape index (κ3) is 3.68. The summed E-state index contributed by atoms with van der Waals surface area (Å²) in [4.78, 5) is 32.0. The summed E-state index contributed by atoms with van der Waals surface area (Å²) in [6.45, 7) is 1.64. The second-order valence-electron chi connectivity index (χ2n) is 7.19. The van der Waals surface area contributed by atoms with Crippen LogP contribution in [0.3, 0.4) is 0 Å². The van der Waals surface area contributed by atoms with Gasteiger partial charge in [0.1, 0.15) is 10.9 Å². The molecule has 1 aliphatic carbocycles. The monoisotopic (exact) mass is 426 g/mol. The van der Waals surface area contributed by atoms with Crippen molar-refractivity contribution in [1.29, 1.82) is 0 Å². The standard InChI is InChI=1S/C21H22N4O4S/c1-12(19(27)24-23-10-13-7-8-15(26)16(9-13)29-2)25-11-22-20-18(21(25)28)14-5-3-4-6-17(14)30-20/h7-12,26H,3-6H2,1-2H3,(H,24,27)/b23-10-/t12-/m0/s1. The van der Waals surface area contributed by atoms with Crippen LogP contribution in [0.5, 0.6) is 11.5 Å². The van der Waals surface area contributed by atoms with Crippen LogP contribution in [0, 0.1) is 0 Å². The van der Waals surface area contributed by atoms with Crippen LogP contribution in [0.1, 0.15) is 41.8 Å². The van der Waals surface area contributed by atoms with Crippen molar-refractivity contribution in [3.05, 3.63) is 50.9 Å². The number of methoxy groups -OCH3 is 1. The fraction of sp³-hybridized carbons (Fsp3) is 0.333. The molecule has 0 spiro atoms. The number of aromatic hydroxyl groups is 1. The molecule has 0 aliphatic heterocycles. The van der Waals surface area contributed by atoms with E-state index >= 15 is 0 Å². The Morgan fingerprint density at radius 3 is 3.00 bits per heavy atom. The smallest absolute Gasteiger partial charge is 0.263 e. The van der Waals surface area contributed by atoms with Crippen LogP contribution < -0.4 is 15.7 Å². The number of ether oxygens (including phenoxy) is 1. The first kappa shape index (κ1) is 20.1. The second kappa shape index (κ2) is 8.27. The van der Waals surface area contributed by atoms with Gasteiger partial charge in [-0.05, 0) is 61.9 Å². The summed E-state index contributed by atoms with van der Waals surface area (Å²) in [5.41, 5.74) is 4.01. The molecule has 0 unspecified atom stereocenters. The number of carbonyl (C=O) groups excluding carboxylic acids is 1. The van der Waals surface area contributed by atoms with Gasteiger partial charge in [0.05, 0.1) is 25.0 Å². The van der Waals surface area contributed by atoms with E-state index in [1.165, 1.54) is 35.2 Å². The molecule has 1 aromatic carbocycles. The Bertz CT molecular complexity index is 1200. The molecule has 0 bridgehead atoms. The zero-order valence-electron chi connectivity index (χ0n) is 16.7. The topological polar surface area (TPSA) is 106 Å². The van der Waals surface area contributed by atoms with Gasteiger partial charge in [0.25, 0.3) is 11.5 Å². The summed E-state index contributed by atoms with van der Waals surface area (Å²) in [5.74, 6) is -0.0989. The number of hydrogen-bond acceptors (Lipinski definition) is 7. The fourth-order valence-corrected chi connectivity index (χ4v) is 4.82. The lowest BCUT2D eigenvalue weighted by Crippen LogP contribution is -2.34. The summed E-state index contributed by atoms with van der Waals surface area (Å²) in [6.07, 6.45) is 6.95. The van der Waals surface area contributed by atoms with E-state index in [1.807, 2.05) is 0 Å². The van der Waals surface area contributed by atoms with Gasteiger partial charge in [0.2, 0.25) is 0 Å². The van der Waals surface area contributed by atoms with Gasteiger partial charge in [-0.15, -0.1) is 11.3 Å². The number of fused-ring (bicyclic) bond motifs is 3. The number of benzene rings is 1. The predicted molar refractivity (Wildman–Crippen MR) is 116 cm³/mol. The molecule has 156 valence electrons. The number of hydrogen-bond donors (Lipinski definition) is 2. The Morgan fingerprint density at radius 1 is 1.40 bits per heavy atom. The third-order valence-corrected chi connectivity index (χ3v) is 6.49. The molecule has 0 saturated heterocycles. The number of nitrogens with zero attached hydrogens (tertiary/aromatic N) is 3. The molecule has 0 fully saturated rings. The highest BCUT2D eigenvalue weighted by Gasteiger charge is 2.23. The average molecular weight is 426 g/mol. The molecule has 0 saturated carbocycles. The summed E-state index contributed by atoms with van der Waals surface area (Å²) < 4.78 is 6.41. The molecule has 8 nitrogen and oxygen atoms in total. The zero-order valence-corrected chi connectivity index (χ0v) is 17.5. The lowest BCUT2D eigenvalue weighted by molar-refractivity contribution is -0.123. The molecular weight excluding hydrogens is 404 g/mol. The maximum atomic E-state index is 13.1. The van der Waals surface area contributed by atoms with E-state index in [-0.39, 0.29) is 11.3 Å². The van der Waals surface area contributed by atoms with Gasteiger partial charge in [-0.3, -0.25) is 14.2 Å². The highest BCUT2D eigenvalue weighted by molar-refractivity contribution is 7.18. The van der Waals surface area contributed by atoms with Gasteiger partial charge >= 0.3 is 0 Å². The first-order valence-electron chi connectivity index (χ1n) is 9.71. The van der Waals surface area contributed by atoms with Crippen LogP contribution in [0.2, 0.25) is 0 Å². The highest BCUT2D eigenvalue weighted by Crippen LogP contribution is 2.33. The quantitative estimate of drug-likeness (QED) is 0.482. The number of phenols is 1. The molecule has 3 aromatic rings. The molecule has 1 atom stereocenters. The highest BCUT2D eigenvalue weighted by atomic mass is 32.1. The van der Waals surface area contributed by atoms with Crippen molar-refractivity contribution < 1.29 is 14.6 Å². The van der Waals surface area contributed by atoms with E-state index in [9.17, 15) is 14.7 Å². The summed E-state index contributed by atoms with van der Waals surface area (Å²) >= 11 is 1.58. The fourth-order valence-electron chi connectivity index (χ4n) is 3.60. The molecule has 0 radical (unpaired) electrons. The Kier molecular flexibility index (Phi) is 5.54. The maximum absolute atomic E-state index is 13.1. The number of hydrazone groups is 1. The van der Waals surface area contributed by atoms with Gasteiger partial charge in [-0.1, -0.05) is 0 Å². The molecule has 1 aliphatic rings. The second-order valence-corrected chi connectivity index (χ2v) is 8.27. The van der Waals surface area contributed by atoms with Crippen molar-refractivity contribution in [2.45, 2.75) is 38.6 Å². The van der Waals surface area contributed by atoms with Crippen molar-refractivity contribution in [2.75, 3.05) is 7.11 Å². The van der Waals surface area contributed by atoms with Crippen LogP contribution >= 0.6 is 11.3 Å². The number of aromatic nitrogens is 2. The number of rotatable bonds is 5. The molecule has 2 aromatic heterocycles. The number of amides is 1. The predicted octanol–water partition coefficient (Wildman–Crippen LogP) is 2.76. The summed E-state index contributed by atoms with van der Waals surface area (Å²) in [7, 11) is 1.45. The molecule has 2 N–H and O–H groups in total. The number of phenolic OH excluding ortho intramolecular Hbond substituents is 1. The first-order chi connectivity index (χ1) is 14.5. The van der Waals surface area contributed by atoms with E-state index < -0.39 is 11.9 Å². The minimum atomic E-state index is -0.764. The van der Waals surface area contributed by atoms with Crippen LogP contribution in [0.15, 0.2) is 34.4 Å². The molecular formula is C21H22N4O4S. The normalized spacial score (nSPS) is 14.6. The van der Waals surface area contributed by atoms with E-state index in [0.717, 1.165) is 36.1 Å². The molecule has 2 heterocycles. The first-order valence-corrected chi connectivity index (χ1v) is 10.5. The van der Waals surface area contributed by atoms with Crippen LogP contribution in [-0.4, -0.2) is 33.9 Å². The van der Waals surface area contributed by atoms with Gasteiger partial charge in [0, 0.05) is 4.88 Å².